The molecule has 2 rings (SSSR count). The fourth-order valence-electron chi connectivity index (χ4n) is 3.06. The first kappa shape index (κ1) is 15.9. The molecular weight excluding hydrogens is 266 g/mol. The maximum absolute atomic E-state index is 10.9. The van der Waals surface area contributed by atoms with Crippen LogP contribution in [0.3, 0.4) is 0 Å². The molecule has 1 aromatic rings. The predicted molar refractivity (Wildman–Crippen MR) is 84.3 cm³/mol. The number of hydrogen-bond donors (Lipinski definition) is 1. The van der Waals surface area contributed by atoms with Crippen molar-refractivity contribution < 1.29 is 4.92 Å². The number of benzene rings is 1. The normalized spacial score (nSPS) is 20.1. The second-order valence-electron chi connectivity index (χ2n) is 6.17. The molecule has 2 unspecified atom stereocenters. The van der Waals surface area contributed by atoms with Gasteiger partial charge in [0.2, 0.25) is 0 Å². The Kier molecular flexibility index (Phi) is 5.31. The van der Waals surface area contributed by atoms with Crippen LogP contribution in [0.25, 0.3) is 0 Å². The van der Waals surface area contributed by atoms with Gasteiger partial charge in [-0.05, 0) is 58.3 Å². The van der Waals surface area contributed by atoms with E-state index in [2.05, 4.69) is 31.1 Å². The van der Waals surface area contributed by atoms with Crippen LogP contribution in [0, 0.1) is 16.0 Å². The van der Waals surface area contributed by atoms with Crippen molar-refractivity contribution in [3.05, 3.63) is 39.9 Å². The van der Waals surface area contributed by atoms with Gasteiger partial charge in [0.25, 0.3) is 5.69 Å². The minimum Gasteiger partial charge on any atom is -0.307 e. The van der Waals surface area contributed by atoms with Gasteiger partial charge in [0.05, 0.1) is 4.92 Å². The zero-order valence-corrected chi connectivity index (χ0v) is 13.1. The fourth-order valence-corrected chi connectivity index (χ4v) is 3.06. The highest BCUT2D eigenvalue weighted by Gasteiger charge is 2.23. The average Bonchev–Trinajstić information content (AvgIpc) is 2.48. The molecule has 5 nitrogen and oxygen atoms in total. The molecule has 21 heavy (non-hydrogen) atoms. The van der Waals surface area contributed by atoms with Crippen molar-refractivity contribution in [2.45, 2.75) is 38.8 Å². The summed E-state index contributed by atoms with van der Waals surface area (Å²) in [6, 6.07) is 7.46. The third-order valence-electron chi connectivity index (χ3n) is 4.56. The molecule has 116 valence electrons. The molecule has 0 spiro atoms. The summed E-state index contributed by atoms with van der Waals surface area (Å²) >= 11 is 0. The molecule has 1 aliphatic heterocycles. The Balaban J connectivity index is 1.95. The minimum absolute atomic E-state index is 0.125. The average molecular weight is 291 g/mol. The van der Waals surface area contributed by atoms with Crippen molar-refractivity contribution in [1.82, 2.24) is 10.2 Å². The Morgan fingerprint density at radius 2 is 2.00 bits per heavy atom. The van der Waals surface area contributed by atoms with Crippen molar-refractivity contribution >= 4 is 5.69 Å². The largest absolute Gasteiger partial charge is 0.307 e. The van der Waals surface area contributed by atoms with Gasteiger partial charge in [-0.1, -0.05) is 12.1 Å². The molecule has 2 atom stereocenters. The molecule has 0 amide bonds. The van der Waals surface area contributed by atoms with E-state index in [1.165, 1.54) is 18.9 Å². The number of piperidine rings is 1. The highest BCUT2D eigenvalue weighted by molar-refractivity contribution is 5.35. The van der Waals surface area contributed by atoms with E-state index in [1.807, 2.05) is 6.07 Å². The van der Waals surface area contributed by atoms with Crippen molar-refractivity contribution in [3.63, 3.8) is 0 Å². The van der Waals surface area contributed by atoms with Crippen molar-refractivity contribution in [2.75, 3.05) is 20.1 Å². The maximum atomic E-state index is 10.9. The molecule has 1 saturated heterocycles. The summed E-state index contributed by atoms with van der Waals surface area (Å²) in [5.41, 5.74) is 1.14. The molecule has 0 radical (unpaired) electrons. The fraction of sp³-hybridized carbons (Fsp3) is 0.625. The van der Waals surface area contributed by atoms with Gasteiger partial charge in [-0.25, -0.2) is 0 Å². The van der Waals surface area contributed by atoms with E-state index >= 15 is 0 Å². The number of nitrogens with zero attached hydrogens (tertiary/aromatic N) is 2. The van der Waals surface area contributed by atoms with Crippen LogP contribution in [-0.4, -0.2) is 36.0 Å². The number of likely N-dealkylation sites (tertiary alicyclic amines) is 1. The lowest BCUT2D eigenvalue weighted by molar-refractivity contribution is -0.384. The molecule has 0 aliphatic carbocycles. The summed E-state index contributed by atoms with van der Waals surface area (Å²) in [6.07, 6.45) is 2.43. The summed E-state index contributed by atoms with van der Waals surface area (Å²) in [4.78, 5) is 12.9. The Morgan fingerprint density at radius 3 is 2.62 bits per heavy atom. The number of rotatable bonds is 5. The minimum atomic E-state index is -0.337. The molecule has 1 aliphatic rings. The van der Waals surface area contributed by atoms with Gasteiger partial charge < -0.3 is 10.2 Å². The molecule has 5 heteroatoms. The molecule has 0 saturated carbocycles. The van der Waals surface area contributed by atoms with Crippen molar-refractivity contribution in [2.24, 2.45) is 5.92 Å². The van der Waals surface area contributed by atoms with Crippen LogP contribution in [0.2, 0.25) is 0 Å². The van der Waals surface area contributed by atoms with Crippen LogP contribution in [0.15, 0.2) is 24.3 Å². The van der Waals surface area contributed by atoms with Crippen LogP contribution in [0.4, 0.5) is 5.69 Å². The second-order valence-corrected chi connectivity index (χ2v) is 6.17. The quantitative estimate of drug-likeness (QED) is 0.669. The number of hydrogen-bond acceptors (Lipinski definition) is 4. The SMILES string of the molecule is CC(NC(C)C1CCN(C)CC1)c1cccc([N+](=O)[O-])c1. The molecule has 1 N–H and O–H groups in total. The molecular formula is C16H25N3O2. The maximum Gasteiger partial charge on any atom is 0.269 e. The van der Waals surface area contributed by atoms with Gasteiger partial charge in [0, 0.05) is 24.2 Å². The van der Waals surface area contributed by atoms with E-state index in [0.29, 0.717) is 12.0 Å². The lowest BCUT2D eigenvalue weighted by Crippen LogP contribution is -2.41. The molecule has 0 aromatic heterocycles. The van der Waals surface area contributed by atoms with Gasteiger partial charge in [-0.15, -0.1) is 0 Å². The highest BCUT2D eigenvalue weighted by Crippen LogP contribution is 2.24. The monoisotopic (exact) mass is 291 g/mol. The van der Waals surface area contributed by atoms with E-state index in [-0.39, 0.29) is 16.7 Å². The summed E-state index contributed by atoms with van der Waals surface area (Å²) in [5, 5.41) is 14.5. The van der Waals surface area contributed by atoms with Gasteiger partial charge in [-0.2, -0.15) is 0 Å². The zero-order chi connectivity index (χ0) is 15.4. The predicted octanol–water partition coefficient (Wildman–Crippen LogP) is 2.98. The topological polar surface area (TPSA) is 58.4 Å². The smallest absolute Gasteiger partial charge is 0.269 e. The van der Waals surface area contributed by atoms with Gasteiger partial charge in [-0.3, -0.25) is 10.1 Å². The standard InChI is InChI=1S/C16H25N3O2/c1-12(14-7-9-18(3)10-8-14)17-13(2)15-5-4-6-16(11-15)19(20)21/h4-6,11-14,17H,7-10H2,1-3H3. The second kappa shape index (κ2) is 7.00. The van der Waals surface area contributed by atoms with Crippen LogP contribution in [-0.2, 0) is 0 Å². The van der Waals surface area contributed by atoms with E-state index in [0.717, 1.165) is 18.7 Å². The third-order valence-corrected chi connectivity index (χ3v) is 4.56. The van der Waals surface area contributed by atoms with E-state index in [9.17, 15) is 10.1 Å². The van der Waals surface area contributed by atoms with Crippen LogP contribution >= 0.6 is 0 Å². The van der Waals surface area contributed by atoms with E-state index < -0.39 is 0 Å². The first-order valence-corrected chi connectivity index (χ1v) is 7.66. The Hall–Kier alpha value is -1.46. The number of nitro benzene ring substituents is 1. The van der Waals surface area contributed by atoms with Crippen LogP contribution in [0.5, 0.6) is 0 Å². The lowest BCUT2D eigenvalue weighted by atomic mass is 9.90. The van der Waals surface area contributed by atoms with Gasteiger partial charge >= 0.3 is 0 Å². The summed E-state index contributed by atoms with van der Waals surface area (Å²) < 4.78 is 0. The highest BCUT2D eigenvalue weighted by atomic mass is 16.6. The number of nitro groups is 1. The first-order chi connectivity index (χ1) is 9.97. The summed E-state index contributed by atoms with van der Waals surface area (Å²) in [7, 11) is 2.17. The van der Waals surface area contributed by atoms with Crippen molar-refractivity contribution in [3.8, 4) is 0 Å². The Labute approximate surface area is 126 Å². The van der Waals surface area contributed by atoms with Crippen LogP contribution in [0.1, 0.15) is 38.3 Å². The van der Waals surface area contributed by atoms with E-state index in [1.54, 1.807) is 12.1 Å². The molecule has 1 fully saturated rings. The third kappa shape index (κ3) is 4.25. The molecule has 0 bridgehead atoms. The lowest BCUT2D eigenvalue weighted by Gasteiger charge is -2.34. The number of nitrogens with one attached hydrogen (secondary N) is 1. The van der Waals surface area contributed by atoms with Gasteiger partial charge in [0.15, 0.2) is 0 Å². The van der Waals surface area contributed by atoms with Crippen LogP contribution < -0.4 is 5.32 Å². The summed E-state index contributed by atoms with van der Waals surface area (Å²) in [5.74, 6) is 0.683. The first-order valence-electron chi connectivity index (χ1n) is 7.66. The Morgan fingerprint density at radius 1 is 1.33 bits per heavy atom. The molecule has 1 aromatic carbocycles. The molecule has 1 heterocycles. The number of non-ortho nitro benzene ring substituents is 1. The Bertz CT molecular complexity index is 484. The van der Waals surface area contributed by atoms with Gasteiger partial charge in [0.1, 0.15) is 0 Å². The van der Waals surface area contributed by atoms with E-state index in [4.69, 9.17) is 0 Å². The zero-order valence-electron chi connectivity index (χ0n) is 13.1. The van der Waals surface area contributed by atoms with Crippen molar-refractivity contribution in [1.29, 1.82) is 0 Å². The summed E-state index contributed by atoms with van der Waals surface area (Å²) in [6.45, 7) is 6.61.